The second-order valence-corrected chi connectivity index (χ2v) is 9.26. The molecule has 0 radical (unpaired) electrons. The summed E-state index contributed by atoms with van der Waals surface area (Å²) < 4.78 is 0.905. The predicted octanol–water partition coefficient (Wildman–Crippen LogP) is 8.97. The molecule has 0 saturated carbocycles. The number of amides is 1. The van der Waals surface area contributed by atoms with Crippen molar-refractivity contribution >= 4 is 38.3 Å². The molecule has 0 aliphatic heterocycles. The van der Waals surface area contributed by atoms with E-state index in [0.717, 1.165) is 33.8 Å². The summed E-state index contributed by atoms with van der Waals surface area (Å²) in [4.78, 5) is 16.5. The van der Waals surface area contributed by atoms with E-state index in [1.54, 1.807) is 6.20 Å². The van der Waals surface area contributed by atoms with E-state index in [9.17, 15) is 4.79 Å². The van der Waals surface area contributed by atoms with Crippen LogP contribution in [-0.4, -0.2) is 10.9 Å². The Morgan fingerprint density at radius 2 is 1.55 bits per heavy atom. The molecule has 31 heavy (non-hydrogen) atoms. The van der Waals surface area contributed by atoms with E-state index >= 15 is 0 Å². The molecule has 0 aliphatic rings. The highest BCUT2D eigenvalue weighted by Gasteiger charge is 2.08. The van der Waals surface area contributed by atoms with Gasteiger partial charge in [-0.3, -0.25) is 9.78 Å². The monoisotopic (exact) mass is 486 g/mol. The van der Waals surface area contributed by atoms with Gasteiger partial charge in [-0.1, -0.05) is 82.6 Å². The Bertz CT molecular complexity index is 798. The van der Waals surface area contributed by atoms with Gasteiger partial charge in [-0.2, -0.15) is 0 Å². The standard InChI is InChI=1S/C27H39BrN2O/c1-2-3-4-5-6-7-8-9-10-11-12-13-14-15-16-20-26(31)30-25-19-17-18-23-21-29-22-24(28)27(23)25/h9-10,17-19,21-22H,2-8,11-16,20H2,1H3,(H,30,31). The number of halogens is 1. The molecule has 1 aromatic heterocycles. The van der Waals surface area contributed by atoms with Crippen LogP contribution in [0.25, 0.3) is 10.8 Å². The number of anilines is 1. The maximum absolute atomic E-state index is 12.4. The minimum absolute atomic E-state index is 0.0915. The van der Waals surface area contributed by atoms with E-state index in [4.69, 9.17) is 0 Å². The fourth-order valence-electron chi connectivity index (χ4n) is 3.87. The van der Waals surface area contributed by atoms with Crippen LogP contribution in [-0.2, 0) is 4.79 Å². The maximum Gasteiger partial charge on any atom is 0.224 e. The quantitative estimate of drug-likeness (QED) is 0.190. The number of hydrogen-bond acceptors (Lipinski definition) is 2. The van der Waals surface area contributed by atoms with E-state index in [-0.39, 0.29) is 5.91 Å². The number of nitrogens with zero attached hydrogens (tertiary/aromatic N) is 1. The summed E-state index contributed by atoms with van der Waals surface area (Å²) in [7, 11) is 0. The number of nitrogens with one attached hydrogen (secondary N) is 1. The summed E-state index contributed by atoms with van der Waals surface area (Å²) in [5.74, 6) is 0.0915. The summed E-state index contributed by atoms with van der Waals surface area (Å²) in [6, 6.07) is 5.91. The highest BCUT2D eigenvalue weighted by Crippen LogP contribution is 2.29. The number of carbonyl (C=O) groups is 1. The fraction of sp³-hybridized carbons (Fsp3) is 0.556. The second-order valence-electron chi connectivity index (χ2n) is 8.41. The van der Waals surface area contributed by atoms with Crippen molar-refractivity contribution in [3.63, 3.8) is 0 Å². The van der Waals surface area contributed by atoms with Crippen molar-refractivity contribution in [3.8, 4) is 0 Å². The second kappa shape index (κ2) is 16.0. The maximum atomic E-state index is 12.4. The van der Waals surface area contributed by atoms with Gasteiger partial charge in [0.05, 0.1) is 0 Å². The first kappa shape index (κ1) is 25.6. The molecule has 0 bridgehead atoms. The summed E-state index contributed by atoms with van der Waals surface area (Å²) in [6.45, 7) is 2.27. The third-order valence-electron chi connectivity index (χ3n) is 5.68. The van der Waals surface area contributed by atoms with Crippen molar-refractivity contribution in [1.82, 2.24) is 4.98 Å². The van der Waals surface area contributed by atoms with Crippen LogP contribution in [0.15, 0.2) is 47.2 Å². The van der Waals surface area contributed by atoms with Crippen molar-refractivity contribution < 1.29 is 4.79 Å². The zero-order valence-corrected chi connectivity index (χ0v) is 20.8. The van der Waals surface area contributed by atoms with Crippen molar-refractivity contribution in [1.29, 1.82) is 0 Å². The van der Waals surface area contributed by atoms with Crippen molar-refractivity contribution in [2.75, 3.05) is 5.32 Å². The summed E-state index contributed by atoms with van der Waals surface area (Å²) in [5.41, 5.74) is 0.851. The number of fused-ring (bicyclic) bond motifs is 1. The van der Waals surface area contributed by atoms with Gasteiger partial charge in [-0.25, -0.2) is 0 Å². The summed E-state index contributed by atoms with van der Waals surface area (Å²) in [6.07, 6.45) is 25.4. The molecule has 3 nitrogen and oxygen atoms in total. The fourth-order valence-corrected chi connectivity index (χ4v) is 4.43. The number of carbonyl (C=O) groups excluding carboxylic acids is 1. The molecular formula is C27H39BrN2O. The molecule has 0 atom stereocenters. The molecule has 0 aliphatic carbocycles. The molecule has 4 heteroatoms. The number of allylic oxidation sites excluding steroid dienone is 2. The number of unbranched alkanes of at least 4 members (excludes halogenated alkanes) is 11. The van der Waals surface area contributed by atoms with E-state index in [1.807, 2.05) is 24.4 Å². The lowest BCUT2D eigenvalue weighted by molar-refractivity contribution is -0.116. The van der Waals surface area contributed by atoms with Crippen LogP contribution < -0.4 is 5.32 Å². The third-order valence-corrected chi connectivity index (χ3v) is 6.28. The van der Waals surface area contributed by atoms with Gasteiger partial charge in [0.1, 0.15) is 0 Å². The molecule has 0 saturated heterocycles. The molecule has 0 fully saturated rings. The Labute approximate surface area is 197 Å². The van der Waals surface area contributed by atoms with Crippen LogP contribution in [0, 0.1) is 0 Å². The number of pyridine rings is 1. The van der Waals surface area contributed by atoms with E-state index in [0.29, 0.717) is 6.42 Å². The van der Waals surface area contributed by atoms with Crippen molar-refractivity contribution in [3.05, 3.63) is 47.2 Å². The van der Waals surface area contributed by atoms with Gasteiger partial charge in [-0.15, -0.1) is 0 Å². The largest absolute Gasteiger partial charge is 0.325 e. The molecule has 170 valence electrons. The number of aromatic nitrogens is 1. The molecule has 1 amide bonds. The van der Waals surface area contributed by atoms with Crippen molar-refractivity contribution in [2.45, 2.75) is 96.8 Å². The molecule has 2 rings (SSSR count). The SMILES string of the molecule is CCCCCCCCC=CCCCCCCCC(=O)Nc1cccc2cncc(Br)c12. The molecular weight excluding hydrogens is 448 g/mol. The Balaban J connectivity index is 1.49. The van der Waals surface area contributed by atoms with Gasteiger partial charge in [0.25, 0.3) is 0 Å². The molecule has 1 N–H and O–H groups in total. The molecule has 2 aromatic rings. The van der Waals surface area contributed by atoms with Crippen LogP contribution >= 0.6 is 15.9 Å². The Hall–Kier alpha value is -1.68. The van der Waals surface area contributed by atoms with E-state index in [1.165, 1.54) is 70.6 Å². The normalized spacial score (nSPS) is 11.4. The highest BCUT2D eigenvalue weighted by atomic mass is 79.9. The lowest BCUT2D eigenvalue weighted by Gasteiger charge is -2.10. The van der Waals surface area contributed by atoms with Crippen LogP contribution in [0.3, 0.4) is 0 Å². The smallest absolute Gasteiger partial charge is 0.224 e. The number of hydrogen-bond donors (Lipinski definition) is 1. The van der Waals surface area contributed by atoms with Crippen LogP contribution in [0.2, 0.25) is 0 Å². The van der Waals surface area contributed by atoms with Crippen LogP contribution in [0.1, 0.15) is 96.8 Å². The Morgan fingerprint density at radius 1 is 0.903 bits per heavy atom. The summed E-state index contributed by atoms with van der Waals surface area (Å²) in [5, 5.41) is 5.10. The molecule has 0 unspecified atom stereocenters. The van der Waals surface area contributed by atoms with E-state index in [2.05, 4.69) is 45.3 Å². The Morgan fingerprint density at radius 3 is 2.26 bits per heavy atom. The zero-order chi connectivity index (χ0) is 22.2. The first-order valence-electron chi connectivity index (χ1n) is 12.2. The predicted molar refractivity (Wildman–Crippen MR) is 138 cm³/mol. The topological polar surface area (TPSA) is 42.0 Å². The summed E-state index contributed by atoms with van der Waals surface area (Å²) >= 11 is 3.54. The van der Waals surface area contributed by atoms with Gasteiger partial charge < -0.3 is 5.32 Å². The third kappa shape index (κ3) is 10.5. The number of benzene rings is 1. The van der Waals surface area contributed by atoms with Gasteiger partial charge in [-0.05, 0) is 54.1 Å². The first-order valence-corrected chi connectivity index (χ1v) is 13.0. The van der Waals surface area contributed by atoms with Gasteiger partial charge in [0.2, 0.25) is 5.91 Å². The lowest BCUT2D eigenvalue weighted by atomic mass is 10.1. The van der Waals surface area contributed by atoms with Gasteiger partial charge in [0, 0.05) is 39.7 Å². The highest BCUT2D eigenvalue weighted by molar-refractivity contribution is 9.10. The average Bonchev–Trinajstić information content (AvgIpc) is 2.76. The zero-order valence-electron chi connectivity index (χ0n) is 19.2. The van der Waals surface area contributed by atoms with Crippen molar-refractivity contribution in [2.24, 2.45) is 0 Å². The van der Waals surface area contributed by atoms with Gasteiger partial charge in [0.15, 0.2) is 0 Å². The lowest BCUT2D eigenvalue weighted by Crippen LogP contribution is -2.11. The minimum atomic E-state index is 0.0915. The molecule has 0 spiro atoms. The van der Waals surface area contributed by atoms with Crippen LogP contribution in [0.5, 0.6) is 0 Å². The molecule has 1 aromatic carbocycles. The first-order chi connectivity index (χ1) is 15.2. The minimum Gasteiger partial charge on any atom is -0.325 e. The average molecular weight is 488 g/mol. The number of rotatable bonds is 16. The van der Waals surface area contributed by atoms with Gasteiger partial charge >= 0.3 is 0 Å². The molecule has 1 heterocycles. The van der Waals surface area contributed by atoms with E-state index < -0.39 is 0 Å². The Kier molecular flexibility index (Phi) is 13.2. The van der Waals surface area contributed by atoms with Crippen LogP contribution in [0.4, 0.5) is 5.69 Å².